The first kappa shape index (κ1) is 34.6. The average molecular weight is 674 g/mol. The van der Waals surface area contributed by atoms with E-state index in [2.05, 4.69) is 15.6 Å². The Bertz CT molecular complexity index is 1860. The Morgan fingerprint density at radius 2 is 1.52 bits per heavy atom. The van der Waals surface area contributed by atoms with Gasteiger partial charge in [-0.05, 0) is 76.8 Å². The van der Waals surface area contributed by atoms with Crippen LogP contribution in [0.2, 0.25) is 0 Å². The molecule has 0 saturated carbocycles. The molecule has 3 N–H and O–H groups in total. The number of alkyl carbamates (subject to hydrolysis) is 1. The minimum absolute atomic E-state index is 0.121. The van der Waals surface area contributed by atoms with Gasteiger partial charge in [0, 0.05) is 6.42 Å². The second-order valence-electron chi connectivity index (χ2n) is 14.1. The van der Waals surface area contributed by atoms with Gasteiger partial charge in [-0.15, -0.1) is 0 Å². The van der Waals surface area contributed by atoms with Gasteiger partial charge < -0.3 is 20.4 Å². The number of para-hydroxylation sites is 2. The number of fused-ring (bicyclic) bond motifs is 1. The predicted molar refractivity (Wildman–Crippen MR) is 183 cm³/mol. The van der Waals surface area contributed by atoms with Crippen molar-refractivity contribution in [3.05, 3.63) is 101 Å². The number of sulfonamides is 1. The van der Waals surface area contributed by atoms with E-state index in [0.717, 1.165) is 26.5 Å². The van der Waals surface area contributed by atoms with Crippen molar-refractivity contribution < 1.29 is 27.5 Å². The second kappa shape index (κ2) is 13.4. The highest BCUT2D eigenvalue weighted by molar-refractivity contribution is 7.90. The van der Waals surface area contributed by atoms with E-state index in [1.54, 1.807) is 65.8 Å². The number of hydrogen-bond donors (Lipinski definition) is 3. The molecule has 3 amide bonds. The van der Waals surface area contributed by atoms with Crippen LogP contribution in [-0.4, -0.2) is 57.8 Å². The van der Waals surface area contributed by atoms with Crippen molar-refractivity contribution in [1.29, 1.82) is 0 Å². The van der Waals surface area contributed by atoms with Crippen molar-refractivity contribution >= 4 is 39.0 Å². The molecular formula is C36H43N5O6S. The summed E-state index contributed by atoms with van der Waals surface area (Å²) in [6.45, 7) is 10.4. The molecule has 0 bridgehead atoms. The zero-order valence-corrected chi connectivity index (χ0v) is 28.9. The summed E-state index contributed by atoms with van der Waals surface area (Å²) in [6.07, 6.45) is -0.293. The van der Waals surface area contributed by atoms with Crippen LogP contribution in [0.1, 0.15) is 81.8 Å². The number of benzene rings is 3. The summed E-state index contributed by atoms with van der Waals surface area (Å²) in [4.78, 5) is 47.6. The molecule has 1 aliphatic rings. The fourth-order valence-corrected chi connectivity index (χ4v) is 8.13. The van der Waals surface area contributed by atoms with E-state index in [-0.39, 0.29) is 12.8 Å². The Balaban J connectivity index is 1.42. The molecule has 0 unspecified atom stereocenters. The zero-order chi connectivity index (χ0) is 34.9. The van der Waals surface area contributed by atoms with Crippen LogP contribution in [0.15, 0.2) is 78.9 Å². The van der Waals surface area contributed by atoms with Gasteiger partial charge in [-0.25, -0.2) is 22.5 Å². The molecule has 5 rings (SSSR count). The van der Waals surface area contributed by atoms with Crippen LogP contribution in [0.25, 0.3) is 11.0 Å². The molecule has 3 aromatic carbocycles. The molecule has 0 radical (unpaired) electrons. The van der Waals surface area contributed by atoms with E-state index in [1.807, 2.05) is 54.6 Å². The Labute approximate surface area is 281 Å². The Morgan fingerprint density at radius 1 is 0.896 bits per heavy atom. The lowest BCUT2D eigenvalue weighted by molar-refractivity contribution is -0.128. The first-order valence-electron chi connectivity index (χ1n) is 16.0. The van der Waals surface area contributed by atoms with Crippen LogP contribution in [0.4, 0.5) is 4.79 Å². The molecule has 48 heavy (non-hydrogen) atoms. The van der Waals surface area contributed by atoms with E-state index in [1.165, 1.54) is 0 Å². The number of H-pyrrole nitrogens is 1. The molecule has 254 valence electrons. The molecule has 1 aromatic heterocycles. The van der Waals surface area contributed by atoms with Crippen LogP contribution < -0.4 is 10.6 Å². The van der Waals surface area contributed by atoms with Crippen molar-refractivity contribution in [2.24, 2.45) is 0 Å². The zero-order valence-electron chi connectivity index (χ0n) is 28.1. The fraction of sp³-hybridized carbons (Fsp3) is 0.389. The number of hydrogen-bond acceptors (Lipinski definition) is 7. The number of carbonyl (C=O) groups excluding carboxylic acids is 3. The number of carbonyl (C=O) groups is 3. The lowest BCUT2D eigenvalue weighted by atomic mass is 10.0. The van der Waals surface area contributed by atoms with Crippen molar-refractivity contribution in [2.75, 3.05) is 0 Å². The van der Waals surface area contributed by atoms with Crippen molar-refractivity contribution in [1.82, 2.24) is 24.9 Å². The maximum absolute atomic E-state index is 14.0. The third kappa shape index (κ3) is 8.04. The molecule has 1 saturated heterocycles. The molecule has 1 aliphatic heterocycles. The van der Waals surface area contributed by atoms with Crippen LogP contribution in [0.3, 0.4) is 0 Å². The molecular weight excluding hydrogens is 630 g/mol. The number of imidazole rings is 1. The number of nitrogens with one attached hydrogen (secondary N) is 3. The first-order valence-corrected chi connectivity index (χ1v) is 17.5. The summed E-state index contributed by atoms with van der Waals surface area (Å²) < 4.78 is 33.2. The highest BCUT2D eigenvalue weighted by atomic mass is 32.2. The lowest BCUT2D eigenvalue weighted by Gasteiger charge is -2.30. The third-order valence-electron chi connectivity index (χ3n) is 7.95. The highest BCUT2D eigenvalue weighted by Crippen LogP contribution is 2.40. The van der Waals surface area contributed by atoms with E-state index in [0.29, 0.717) is 17.8 Å². The Kier molecular flexibility index (Phi) is 9.68. The smallest absolute Gasteiger partial charge is 0.408 e. The number of rotatable bonds is 9. The van der Waals surface area contributed by atoms with Gasteiger partial charge in [-0.3, -0.25) is 9.59 Å². The maximum Gasteiger partial charge on any atom is 0.408 e. The van der Waals surface area contributed by atoms with Crippen LogP contribution in [0, 0.1) is 0 Å². The molecule has 0 aliphatic carbocycles. The fourth-order valence-electron chi connectivity index (χ4n) is 5.90. The second-order valence-corrected chi connectivity index (χ2v) is 16.1. The van der Waals surface area contributed by atoms with Crippen LogP contribution in [-0.2, 0) is 37.2 Å². The highest BCUT2D eigenvalue weighted by Gasteiger charge is 2.49. The minimum Gasteiger partial charge on any atom is -0.444 e. The van der Waals surface area contributed by atoms with Gasteiger partial charge in [-0.1, -0.05) is 66.7 Å². The number of nitrogens with zero attached hydrogens (tertiary/aromatic N) is 2. The molecule has 4 aromatic rings. The molecule has 1 fully saturated rings. The monoisotopic (exact) mass is 673 g/mol. The standard InChI is InChI=1S/C36H43N5O6S/c1-35(2,3)41-31(42)22-30(48(41,45)46)25-18-16-24(17-19-25)20-28(32-37-26-14-10-11-15-27(26)38-32)39-33(43)29(21-23-12-8-7-9-13-23)40-34(44)47-36(4,5)6/h7-19,28-30H,20-22H2,1-6H3,(H,37,38)(H,39,43)(H,40,44)/t28-,29-,30-/m0/s1. The number of amides is 3. The topological polar surface area (TPSA) is 151 Å². The quantitative estimate of drug-likeness (QED) is 0.212. The summed E-state index contributed by atoms with van der Waals surface area (Å²) in [5.41, 5.74) is 2.10. The van der Waals surface area contributed by atoms with E-state index in [9.17, 15) is 22.8 Å². The van der Waals surface area contributed by atoms with Gasteiger partial charge >= 0.3 is 6.09 Å². The van der Waals surface area contributed by atoms with Crippen molar-refractivity contribution in [2.45, 2.75) is 89.3 Å². The normalized spacial score (nSPS) is 17.6. The Morgan fingerprint density at radius 3 is 2.12 bits per heavy atom. The van der Waals surface area contributed by atoms with Crippen molar-refractivity contribution in [3.8, 4) is 0 Å². The van der Waals surface area contributed by atoms with Gasteiger partial charge in [0.05, 0.1) is 29.0 Å². The summed E-state index contributed by atoms with van der Waals surface area (Å²) in [5.74, 6) is -0.326. The average Bonchev–Trinajstić information content (AvgIpc) is 3.53. The molecule has 11 nitrogen and oxygen atoms in total. The summed E-state index contributed by atoms with van der Waals surface area (Å²) in [5, 5.41) is 4.86. The lowest BCUT2D eigenvalue weighted by Crippen LogP contribution is -2.50. The minimum atomic E-state index is -3.89. The molecule has 3 atom stereocenters. The Hall–Kier alpha value is -4.71. The van der Waals surface area contributed by atoms with Gasteiger partial charge in [0.2, 0.25) is 21.8 Å². The van der Waals surface area contributed by atoms with Gasteiger partial charge in [0.25, 0.3) is 0 Å². The maximum atomic E-state index is 14.0. The van der Waals surface area contributed by atoms with E-state index in [4.69, 9.17) is 9.72 Å². The van der Waals surface area contributed by atoms with E-state index < -0.39 is 56.4 Å². The van der Waals surface area contributed by atoms with Crippen LogP contribution in [0.5, 0.6) is 0 Å². The third-order valence-corrected chi connectivity index (χ3v) is 10.4. The van der Waals surface area contributed by atoms with E-state index >= 15 is 0 Å². The number of ether oxygens (including phenoxy) is 1. The summed E-state index contributed by atoms with van der Waals surface area (Å²) in [6, 6.07) is 22.4. The molecule has 2 heterocycles. The molecule has 0 spiro atoms. The number of aromatic nitrogens is 2. The SMILES string of the molecule is CC(C)(C)OC(=O)N[C@@H](Cc1ccccc1)C(=O)N[C@@H](Cc1ccc([C@@H]2CC(=O)N(C(C)(C)C)S2(=O)=O)cc1)c1nc2ccccc2[nH]1. The van der Waals surface area contributed by atoms with Crippen LogP contribution >= 0.6 is 0 Å². The van der Waals surface area contributed by atoms with Crippen molar-refractivity contribution in [3.63, 3.8) is 0 Å². The summed E-state index contributed by atoms with van der Waals surface area (Å²) in [7, 11) is -3.89. The van der Waals surface area contributed by atoms with Gasteiger partial charge in [0.1, 0.15) is 22.7 Å². The predicted octanol–water partition coefficient (Wildman–Crippen LogP) is 5.50. The number of aromatic amines is 1. The first-order chi connectivity index (χ1) is 22.5. The van der Waals surface area contributed by atoms with Gasteiger partial charge in [0.15, 0.2) is 0 Å². The van der Waals surface area contributed by atoms with Gasteiger partial charge in [-0.2, -0.15) is 0 Å². The largest absolute Gasteiger partial charge is 0.444 e. The molecule has 12 heteroatoms. The summed E-state index contributed by atoms with van der Waals surface area (Å²) >= 11 is 0.